The van der Waals surface area contributed by atoms with Crippen molar-refractivity contribution in [2.75, 3.05) is 26.2 Å². The van der Waals surface area contributed by atoms with E-state index in [1.165, 1.54) is 5.01 Å². The molecule has 1 atom stereocenters. The van der Waals surface area contributed by atoms with Gasteiger partial charge in [0.15, 0.2) is 5.96 Å². The third-order valence-electron chi connectivity index (χ3n) is 3.99. The second-order valence-electron chi connectivity index (χ2n) is 6.36. The molecule has 1 fully saturated rings. The van der Waals surface area contributed by atoms with Gasteiger partial charge in [0.1, 0.15) is 0 Å². The minimum Gasteiger partial charge on any atom is -0.373 e. The molecule has 138 valence electrons. The van der Waals surface area contributed by atoms with Crippen molar-refractivity contribution in [3.05, 3.63) is 16.1 Å². The maximum absolute atomic E-state index is 5.79. The third kappa shape index (κ3) is 7.65. The zero-order valence-electron chi connectivity index (χ0n) is 15.1. The Bertz CT molecular complexity index is 501. The molecule has 1 aromatic rings. The van der Waals surface area contributed by atoms with Gasteiger partial charge in [0.2, 0.25) is 0 Å². The van der Waals surface area contributed by atoms with Gasteiger partial charge in [-0.05, 0) is 52.9 Å². The highest BCUT2D eigenvalue weighted by atomic mass is 127. The molecule has 1 saturated heterocycles. The lowest BCUT2D eigenvalue weighted by Gasteiger charge is -2.21. The summed E-state index contributed by atoms with van der Waals surface area (Å²) in [5.41, 5.74) is 1.05. The minimum absolute atomic E-state index is 0. The Morgan fingerprint density at radius 2 is 2.25 bits per heavy atom. The number of thiazole rings is 1. The molecule has 0 radical (unpaired) electrons. The van der Waals surface area contributed by atoms with E-state index in [1.807, 2.05) is 0 Å². The number of aryl methyl sites for hydroxylation is 2. The van der Waals surface area contributed by atoms with Gasteiger partial charge in [-0.15, -0.1) is 35.3 Å². The van der Waals surface area contributed by atoms with Gasteiger partial charge in [-0.3, -0.25) is 4.99 Å². The van der Waals surface area contributed by atoms with Gasteiger partial charge in [-0.2, -0.15) is 0 Å². The van der Waals surface area contributed by atoms with E-state index in [0.29, 0.717) is 0 Å². The second kappa shape index (κ2) is 11.3. The van der Waals surface area contributed by atoms with Crippen LogP contribution in [-0.2, 0) is 11.2 Å². The summed E-state index contributed by atoms with van der Waals surface area (Å²) in [5, 5.41) is 10.1. The van der Waals surface area contributed by atoms with Crippen LogP contribution in [0.15, 0.2) is 10.4 Å². The molecular formula is C17H31IN4OS. The summed E-state index contributed by atoms with van der Waals surface area (Å²) >= 11 is 1.76. The normalized spacial score (nSPS) is 20.7. The first kappa shape index (κ1) is 21.6. The van der Waals surface area contributed by atoms with Crippen LogP contribution in [0.3, 0.4) is 0 Å². The highest BCUT2D eigenvalue weighted by Crippen LogP contribution is 2.24. The lowest BCUT2D eigenvalue weighted by atomic mass is 10.0. The fraction of sp³-hybridized carbons (Fsp3) is 0.765. The zero-order valence-corrected chi connectivity index (χ0v) is 18.2. The maximum atomic E-state index is 5.79. The van der Waals surface area contributed by atoms with Crippen molar-refractivity contribution in [2.45, 2.75) is 58.5 Å². The van der Waals surface area contributed by atoms with E-state index in [9.17, 15) is 0 Å². The number of hydrogen-bond donors (Lipinski definition) is 2. The summed E-state index contributed by atoms with van der Waals surface area (Å²) in [4.78, 5) is 9.19. The van der Waals surface area contributed by atoms with Crippen LogP contribution in [-0.4, -0.2) is 42.8 Å². The summed E-state index contributed by atoms with van der Waals surface area (Å²) in [5.74, 6) is 0.898. The van der Waals surface area contributed by atoms with Crippen LogP contribution in [0.5, 0.6) is 0 Å². The van der Waals surface area contributed by atoms with Crippen molar-refractivity contribution in [3.8, 4) is 0 Å². The molecular weight excluding hydrogens is 435 g/mol. The monoisotopic (exact) mass is 466 g/mol. The molecule has 24 heavy (non-hydrogen) atoms. The van der Waals surface area contributed by atoms with Crippen LogP contribution < -0.4 is 10.6 Å². The lowest BCUT2D eigenvalue weighted by molar-refractivity contribution is 0.0283. The van der Waals surface area contributed by atoms with Crippen LogP contribution in [0.2, 0.25) is 0 Å². The molecule has 0 aromatic carbocycles. The average Bonchev–Trinajstić information content (AvgIpc) is 3.14. The molecule has 0 amide bonds. The first-order chi connectivity index (χ1) is 11.1. The molecule has 2 heterocycles. The summed E-state index contributed by atoms with van der Waals surface area (Å²) in [7, 11) is 0. The summed E-state index contributed by atoms with van der Waals surface area (Å²) in [6.07, 6.45) is 5.59. The molecule has 0 saturated carbocycles. The standard InChI is InChI=1S/C17H30N4OS.HI/c1-4-18-16(20-13-17(3)9-7-11-22-17)19-10-6-5-8-15-21-14(2)12-23-15;/h12H,4-11,13H2,1-3H3,(H2,18,19,20);1H. The molecule has 0 spiro atoms. The topological polar surface area (TPSA) is 58.5 Å². The number of aliphatic imine (C=N–C) groups is 1. The van der Waals surface area contributed by atoms with Crippen LogP contribution in [0.25, 0.3) is 0 Å². The number of halogens is 1. The van der Waals surface area contributed by atoms with Crippen molar-refractivity contribution < 1.29 is 4.74 Å². The number of hydrogen-bond acceptors (Lipinski definition) is 4. The van der Waals surface area contributed by atoms with Gasteiger partial charge in [0.05, 0.1) is 17.2 Å². The number of nitrogens with one attached hydrogen (secondary N) is 2. The average molecular weight is 466 g/mol. The van der Waals surface area contributed by atoms with Crippen LogP contribution in [0, 0.1) is 6.92 Å². The first-order valence-corrected chi connectivity index (χ1v) is 9.56. The van der Waals surface area contributed by atoms with Crippen LogP contribution >= 0.6 is 35.3 Å². The maximum Gasteiger partial charge on any atom is 0.191 e. The molecule has 1 unspecified atom stereocenters. The van der Waals surface area contributed by atoms with Crippen molar-refractivity contribution in [2.24, 2.45) is 4.99 Å². The predicted octanol–water partition coefficient (Wildman–Crippen LogP) is 3.52. The summed E-state index contributed by atoms with van der Waals surface area (Å²) in [6.45, 7) is 9.70. The first-order valence-electron chi connectivity index (χ1n) is 8.68. The van der Waals surface area contributed by atoms with Crippen LogP contribution in [0.1, 0.15) is 50.2 Å². The van der Waals surface area contributed by atoms with E-state index in [0.717, 1.165) is 70.0 Å². The molecule has 1 aliphatic rings. The zero-order chi connectivity index (χ0) is 16.5. The highest BCUT2D eigenvalue weighted by Gasteiger charge is 2.29. The van der Waals surface area contributed by atoms with E-state index in [4.69, 9.17) is 4.74 Å². The third-order valence-corrected chi connectivity index (χ3v) is 5.02. The lowest BCUT2D eigenvalue weighted by Crippen LogP contribution is -2.39. The molecule has 1 aliphatic heterocycles. The van der Waals surface area contributed by atoms with Gasteiger partial charge in [0, 0.05) is 30.8 Å². The molecule has 2 rings (SSSR count). The SMILES string of the molecule is CCNC(=NCC1(C)CCCO1)NCCCCc1nc(C)cs1.I. The van der Waals surface area contributed by atoms with Gasteiger partial charge >= 0.3 is 0 Å². The van der Waals surface area contributed by atoms with E-state index >= 15 is 0 Å². The second-order valence-corrected chi connectivity index (χ2v) is 7.31. The molecule has 7 heteroatoms. The van der Waals surface area contributed by atoms with Gasteiger partial charge < -0.3 is 15.4 Å². The van der Waals surface area contributed by atoms with E-state index < -0.39 is 0 Å². The number of guanidine groups is 1. The van der Waals surface area contributed by atoms with Crippen molar-refractivity contribution >= 4 is 41.3 Å². The Morgan fingerprint density at radius 1 is 1.42 bits per heavy atom. The quantitative estimate of drug-likeness (QED) is 0.267. The number of nitrogens with zero attached hydrogens (tertiary/aromatic N) is 2. The van der Waals surface area contributed by atoms with E-state index in [2.05, 4.69) is 46.8 Å². The Hall–Kier alpha value is -0.410. The van der Waals surface area contributed by atoms with E-state index in [1.54, 1.807) is 11.3 Å². The fourth-order valence-electron chi connectivity index (χ4n) is 2.68. The smallest absolute Gasteiger partial charge is 0.191 e. The van der Waals surface area contributed by atoms with Crippen LogP contribution in [0.4, 0.5) is 0 Å². The van der Waals surface area contributed by atoms with Crippen molar-refractivity contribution in [3.63, 3.8) is 0 Å². The molecule has 5 nitrogen and oxygen atoms in total. The van der Waals surface area contributed by atoms with Gasteiger partial charge in [0.25, 0.3) is 0 Å². The van der Waals surface area contributed by atoms with Crippen molar-refractivity contribution in [1.82, 2.24) is 15.6 Å². The van der Waals surface area contributed by atoms with Gasteiger partial charge in [-0.1, -0.05) is 0 Å². The molecule has 0 bridgehead atoms. The Labute approximate surface area is 167 Å². The Kier molecular flexibility index (Phi) is 10.1. The van der Waals surface area contributed by atoms with Gasteiger partial charge in [-0.25, -0.2) is 4.98 Å². The summed E-state index contributed by atoms with van der Waals surface area (Å²) in [6, 6.07) is 0. The Balaban J connectivity index is 0.00000288. The predicted molar refractivity (Wildman–Crippen MR) is 113 cm³/mol. The number of aromatic nitrogens is 1. The highest BCUT2D eigenvalue weighted by molar-refractivity contribution is 14.0. The molecule has 1 aromatic heterocycles. The number of ether oxygens (including phenoxy) is 1. The number of unbranched alkanes of at least 4 members (excludes halogenated alkanes) is 1. The summed E-state index contributed by atoms with van der Waals surface area (Å²) < 4.78 is 5.79. The number of rotatable bonds is 8. The molecule has 0 aliphatic carbocycles. The van der Waals surface area contributed by atoms with E-state index in [-0.39, 0.29) is 29.6 Å². The van der Waals surface area contributed by atoms with Crippen molar-refractivity contribution in [1.29, 1.82) is 0 Å². The Morgan fingerprint density at radius 3 is 2.88 bits per heavy atom. The molecule has 2 N–H and O–H groups in total. The largest absolute Gasteiger partial charge is 0.373 e. The fourth-order valence-corrected chi connectivity index (χ4v) is 3.49. The minimum atomic E-state index is -0.0783.